The smallest absolute Gasteiger partial charge is 0.337 e. The maximum absolute atomic E-state index is 12.3. The summed E-state index contributed by atoms with van der Waals surface area (Å²) in [6.45, 7) is 1.67. The van der Waals surface area contributed by atoms with E-state index in [9.17, 15) is 14.7 Å². The van der Waals surface area contributed by atoms with Gasteiger partial charge in [0.1, 0.15) is 5.75 Å². The normalized spacial score (nSPS) is 11.3. The predicted octanol–water partition coefficient (Wildman–Crippen LogP) is 5.37. The van der Waals surface area contributed by atoms with E-state index in [1.165, 1.54) is 42.7 Å². The highest BCUT2D eigenvalue weighted by atomic mass is 35.5. The summed E-state index contributed by atoms with van der Waals surface area (Å²) < 4.78 is 4.62. The summed E-state index contributed by atoms with van der Waals surface area (Å²) in [5, 5.41) is 17.2. The largest absolute Gasteiger partial charge is 0.506 e. The number of hydrogen-bond acceptors (Lipinski definition) is 6. The van der Waals surface area contributed by atoms with Crippen molar-refractivity contribution in [3.05, 3.63) is 74.6 Å². The first-order valence-corrected chi connectivity index (χ1v) is 10.2. The third-order valence-electron chi connectivity index (χ3n) is 4.23. The lowest BCUT2D eigenvalue weighted by Crippen LogP contribution is -2.19. The van der Waals surface area contributed by atoms with E-state index >= 15 is 0 Å². The molecule has 0 unspecified atom stereocenters. The molecule has 0 saturated carbocycles. The third kappa shape index (κ3) is 4.64. The number of amides is 1. The molecule has 2 N–H and O–H groups in total. The van der Waals surface area contributed by atoms with Crippen LogP contribution < -0.4 is 5.43 Å². The number of methoxy groups -OCH3 is 1. The van der Waals surface area contributed by atoms with Gasteiger partial charge in [0.2, 0.25) is 0 Å². The van der Waals surface area contributed by atoms with Crippen LogP contribution in [0.15, 0.2) is 52.9 Å². The van der Waals surface area contributed by atoms with E-state index < -0.39 is 11.9 Å². The van der Waals surface area contributed by atoms with Crippen LogP contribution in [0.5, 0.6) is 5.75 Å². The average molecular weight is 463 g/mol. The van der Waals surface area contributed by atoms with Crippen molar-refractivity contribution in [3.63, 3.8) is 0 Å². The van der Waals surface area contributed by atoms with Gasteiger partial charge in [0.15, 0.2) is 0 Å². The lowest BCUT2D eigenvalue weighted by atomic mass is 10.1. The van der Waals surface area contributed by atoms with Gasteiger partial charge in [0.05, 0.1) is 38.9 Å². The minimum absolute atomic E-state index is 0.0383. The van der Waals surface area contributed by atoms with E-state index in [1.54, 1.807) is 30.5 Å². The molecule has 0 aliphatic carbocycles. The van der Waals surface area contributed by atoms with Crippen LogP contribution in [0.3, 0.4) is 0 Å². The second-order valence-electron chi connectivity index (χ2n) is 6.16. The number of benzene rings is 2. The van der Waals surface area contributed by atoms with E-state index in [2.05, 4.69) is 15.3 Å². The molecule has 154 valence electrons. The first-order chi connectivity index (χ1) is 14.3. The minimum atomic E-state index is -0.485. The summed E-state index contributed by atoms with van der Waals surface area (Å²) in [6.07, 6.45) is 0. The summed E-state index contributed by atoms with van der Waals surface area (Å²) in [7, 11) is 1.28. The summed E-state index contributed by atoms with van der Waals surface area (Å²) in [5.41, 5.74) is 4.74. The molecule has 0 radical (unpaired) electrons. The van der Waals surface area contributed by atoms with Gasteiger partial charge < -0.3 is 9.84 Å². The second-order valence-corrected chi connectivity index (χ2v) is 7.86. The van der Waals surface area contributed by atoms with Crippen LogP contribution in [0.25, 0.3) is 10.4 Å². The number of halogens is 2. The highest BCUT2D eigenvalue weighted by Gasteiger charge is 2.16. The molecule has 0 saturated heterocycles. The molecule has 0 aliphatic heterocycles. The van der Waals surface area contributed by atoms with Crippen LogP contribution in [0.1, 0.15) is 33.2 Å². The fourth-order valence-electron chi connectivity index (χ4n) is 2.59. The van der Waals surface area contributed by atoms with Gasteiger partial charge in [0.25, 0.3) is 5.91 Å². The Bertz CT molecular complexity index is 1140. The molecule has 0 spiro atoms. The van der Waals surface area contributed by atoms with Gasteiger partial charge in [0, 0.05) is 10.9 Å². The number of rotatable bonds is 5. The van der Waals surface area contributed by atoms with E-state index in [0.29, 0.717) is 37.3 Å². The molecule has 0 aliphatic rings. The number of nitrogens with zero attached hydrogens (tertiary/aromatic N) is 1. The van der Waals surface area contributed by atoms with Crippen molar-refractivity contribution in [2.45, 2.75) is 6.92 Å². The van der Waals surface area contributed by atoms with Crippen LogP contribution >= 0.6 is 34.5 Å². The lowest BCUT2D eigenvalue weighted by Gasteiger charge is -2.05. The molecular weight excluding hydrogens is 447 g/mol. The summed E-state index contributed by atoms with van der Waals surface area (Å²) in [4.78, 5) is 24.4. The Morgan fingerprint density at radius 1 is 1.07 bits per heavy atom. The Balaban J connectivity index is 1.76. The fraction of sp³-hybridized carbons (Fsp3) is 0.0952. The molecule has 1 heterocycles. The Morgan fingerprint density at radius 2 is 1.73 bits per heavy atom. The number of aromatic hydroxyl groups is 1. The Kier molecular flexibility index (Phi) is 6.77. The van der Waals surface area contributed by atoms with Gasteiger partial charge in [-0.2, -0.15) is 5.10 Å². The Morgan fingerprint density at radius 3 is 2.37 bits per heavy atom. The summed E-state index contributed by atoms with van der Waals surface area (Å²) in [5.74, 6) is -0.900. The van der Waals surface area contributed by atoms with Crippen molar-refractivity contribution < 1.29 is 19.4 Å². The maximum Gasteiger partial charge on any atom is 0.337 e. The molecule has 3 rings (SSSR count). The number of carbonyl (C=O) groups is 2. The molecule has 9 heteroatoms. The highest BCUT2D eigenvalue weighted by Crippen LogP contribution is 2.40. The van der Waals surface area contributed by atoms with E-state index in [0.717, 1.165) is 5.56 Å². The third-order valence-corrected chi connectivity index (χ3v) is 5.99. The average Bonchev–Trinajstić information content (AvgIpc) is 3.14. The number of thiophene rings is 1. The SMILES string of the molecule is COC(=O)c1ccc(C(=O)NN=C(C)c2csc(-c3ccc(Cl)c(Cl)c3)c2O)cc1. The maximum atomic E-state index is 12.3. The van der Waals surface area contributed by atoms with Crippen molar-refractivity contribution in [1.82, 2.24) is 5.43 Å². The summed E-state index contributed by atoms with van der Waals surface area (Å²) in [6, 6.07) is 11.1. The van der Waals surface area contributed by atoms with Gasteiger partial charge in [-0.3, -0.25) is 4.79 Å². The van der Waals surface area contributed by atoms with Gasteiger partial charge >= 0.3 is 5.97 Å². The van der Waals surface area contributed by atoms with Gasteiger partial charge in [-0.1, -0.05) is 29.3 Å². The van der Waals surface area contributed by atoms with Gasteiger partial charge in [-0.25, -0.2) is 10.2 Å². The first-order valence-electron chi connectivity index (χ1n) is 8.61. The highest BCUT2D eigenvalue weighted by molar-refractivity contribution is 7.14. The Labute approximate surface area is 186 Å². The van der Waals surface area contributed by atoms with Crippen molar-refractivity contribution in [2.75, 3.05) is 7.11 Å². The number of nitrogens with one attached hydrogen (secondary N) is 1. The number of ether oxygens (including phenoxy) is 1. The molecule has 1 aromatic heterocycles. The molecule has 0 atom stereocenters. The van der Waals surface area contributed by atoms with Crippen molar-refractivity contribution in [1.29, 1.82) is 0 Å². The van der Waals surface area contributed by atoms with E-state index in [-0.39, 0.29) is 5.75 Å². The molecule has 3 aromatic rings. The first kappa shape index (κ1) is 21.8. The standard InChI is InChI=1S/C21H16Cl2N2O4S/c1-11(24-25-20(27)12-3-5-13(6-4-12)21(28)29-2)15-10-30-19(18(15)26)14-7-8-16(22)17(23)9-14/h3-10,26H,1-2H3,(H,25,27). The zero-order chi connectivity index (χ0) is 21.8. The second kappa shape index (κ2) is 9.30. The number of esters is 1. The van der Waals surface area contributed by atoms with Crippen LogP contribution in [0, 0.1) is 0 Å². The van der Waals surface area contributed by atoms with Crippen LogP contribution in [-0.2, 0) is 4.74 Å². The Hall–Kier alpha value is -2.87. The zero-order valence-electron chi connectivity index (χ0n) is 15.9. The molecular formula is C21H16Cl2N2O4S. The molecule has 30 heavy (non-hydrogen) atoms. The molecule has 0 fully saturated rings. The predicted molar refractivity (Wildman–Crippen MR) is 119 cm³/mol. The number of carbonyl (C=O) groups excluding carboxylic acids is 2. The molecule has 6 nitrogen and oxygen atoms in total. The topological polar surface area (TPSA) is 88.0 Å². The molecule has 1 amide bonds. The quantitative estimate of drug-likeness (QED) is 0.303. The minimum Gasteiger partial charge on any atom is -0.506 e. The van der Waals surface area contributed by atoms with Gasteiger partial charge in [-0.05, 0) is 48.9 Å². The monoisotopic (exact) mass is 462 g/mol. The summed E-state index contributed by atoms with van der Waals surface area (Å²) >= 11 is 13.3. The lowest BCUT2D eigenvalue weighted by molar-refractivity contribution is 0.0600. The number of hydrazone groups is 1. The van der Waals surface area contributed by atoms with E-state index in [1.807, 2.05) is 0 Å². The van der Waals surface area contributed by atoms with Crippen molar-refractivity contribution >= 4 is 52.1 Å². The van der Waals surface area contributed by atoms with Crippen LogP contribution in [0.2, 0.25) is 10.0 Å². The molecule has 2 aromatic carbocycles. The van der Waals surface area contributed by atoms with E-state index in [4.69, 9.17) is 23.2 Å². The molecule has 0 bridgehead atoms. The zero-order valence-corrected chi connectivity index (χ0v) is 18.2. The van der Waals surface area contributed by atoms with Gasteiger partial charge in [-0.15, -0.1) is 11.3 Å². The fourth-order valence-corrected chi connectivity index (χ4v) is 3.89. The van der Waals surface area contributed by atoms with Crippen molar-refractivity contribution in [2.24, 2.45) is 5.10 Å². The van der Waals surface area contributed by atoms with Crippen LogP contribution in [0.4, 0.5) is 0 Å². The van der Waals surface area contributed by atoms with Crippen LogP contribution in [-0.4, -0.2) is 29.8 Å². The van der Waals surface area contributed by atoms with Crippen molar-refractivity contribution in [3.8, 4) is 16.2 Å². The number of hydrogen-bond donors (Lipinski definition) is 2.